The molecule has 4 rings (SSSR count). The Bertz CT molecular complexity index is 947. The fourth-order valence-corrected chi connectivity index (χ4v) is 4.09. The number of hydrogen-bond donors (Lipinski definition) is 2. The Balaban J connectivity index is 0.000000755. The lowest BCUT2D eigenvalue weighted by atomic mass is 10.2. The minimum Gasteiger partial charge on any atom is -0.483 e. The summed E-state index contributed by atoms with van der Waals surface area (Å²) in [5.41, 5.74) is 4.85. The summed E-state index contributed by atoms with van der Waals surface area (Å²) >= 11 is 1.60. The van der Waals surface area contributed by atoms with Gasteiger partial charge in [-0.3, -0.25) is 9.69 Å². The Morgan fingerprint density at radius 2 is 2.10 bits per heavy atom. The number of aromatic nitrogens is 1. The van der Waals surface area contributed by atoms with Crippen molar-refractivity contribution in [2.75, 3.05) is 25.5 Å². The van der Waals surface area contributed by atoms with Crippen molar-refractivity contribution < 1.29 is 14.7 Å². The molecule has 7 nitrogen and oxygen atoms in total. The number of nitrogens with zero attached hydrogens (tertiary/aromatic N) is 3. The molecule has 0 aliphatic carbocycles. The largest absolute Gasteiger partial charge is 0.483 e. The molecule has 152 valence electrons. The van der Waals surface area contributed by atoms with Crippen LogP contribution < -0.4 is 5.32 Å². The van der Waals surface area contributed by atoms with Crippen molar-refractivity contribution in [2.45, 2.75) is 19.0 Å². The van der Waals surface area contributed by atoms with Gasteiger partial charge in [0.05, 0.1) is 15.7 Å². The minimum atomic E-state index is -0.250. The molecule has 0 radical (unpaired) electrons. The Labute approximate surface area is 173 Å². The van der Waals surface area contributed by atoms with Crippen LogP contribution in [0.5, 0.6) is 0 Å². The van der Waals surface area contributed by atoms with Crippen LogP contribution in [0.15, 0.2) is 54.0 Å². The van der Waals surface area contributed by atoms with Gasteiger partial charge in [0.1, 0.15) is 0 Å². The van der Waals surface area contributed by atoms with Crippen molar-refractivity contribution in [3.8, 4) is 0 Å². The number of fused-ring (bicyclic) bond motifs is 1. The first-order valence-corrected chi connectivity index (χ1v) is 10.2. The number of carboxylic acid groups (broad SMARTS) is 1. The molecule has 8 heteroatoms. The minimum absolute atomic E-state index is 0.0638. The number of anilines is 1. The molecule has 0 bridgehead atoms. The van der Waals surface area contributed by atoms with E-state index in [1.54, 1.807) is 11.3 Å². The van der Waals surface area contributed by atoms with Gasteiger partial charge in [0.15, 0.2) is 0 Å². The van der Waals surface area contributed by atoms with Gasteiger partial charge in [0, 0.05) is 38.4 Å². The predicted molar refractivity (Wildman–Crippen MR) is 115 cm³/mol. The van der Waals surface area contributed by atoms with Gasteiger partial charge in [-0.25, -0.2) is 9.78 Å². The van der Waals surface area contributed by atoms with E-state index in [1.165, 1.54) is 5.56 Å². The van der Waals surface area contributed by atoms with Gasteiger partial charge < -0.3 is 15.3 Å². The van der Waals surface area contributed by atoms with Crippen LogP contribution in [0.25, 0.3) is 10.2 Å². The zero-order chi connectivity index (χ0) is 20.6. The number of hydrogen-bond acceptors (Lipinski definition) is 5. The number of nitrogens with one attached hydrogen (secondary N) is 1. The normalized spacial score (nSPS) is 16.1. The van der Waals surface area contributed by atoms with Crippen LogP contribution in [-0.4, -0.2) is 58.6 Å². The fraction of sp³-hybridized carbons (Fsp3) is 0.286. The molecule has 0 unspecified atom stereocenters. The molecular weight excluding hydrogens is 388 g/mol. The van der Waals surface area contributed by atoms with Crippen molar-refractivity contribution >= 4 is 39.7 Å². The van der Waals surface area contributed by atoms with Crippen molar-refractivity contribution in [2.24, 2.45) is 0 Å². The lowest BCUT2D eigenvalue weighted by Gasteiger charge is -2.25. The van der Waals surface area contributed by atoms with E-state index in [2.05, 4.69) is 39.5 Å². The second-order valence-corrected chi connectivity index (χ2v) is 7.73. The average Bonchev–Trinajstić information content (AvgIpc) is 3.38. The van der Waals surface area contributed by atoms with E-state index in [0.717, 1.165) is 42.0 Å². The van der Waals surface area contributed by atoms with E-state index in [0.29, 0.717) is 0 Å². The fourth-order valence-electron chi connectivity index (χ4n) is 3.43. The smallest absolute Gasteiger partial charge is 0.321 e. The van der Waals surface area contributed by atoms with E-state index in [4.69, 9.17) is 9.90 Å². The highest BCUT2D eigenvalue weighted by molar-refractivity contribution is 7.16. The first kappa shape index (κ1) is 20.8. The molecule has 29 heavy (non-hydrogen) atoms. The molecule has 2 aromatic carbocycles. The molecule has 2 heterocycles. The first-order valence-electron chi connectivity index (χ1n) is 9.32. The van der Waals surface area contributed by atoms with Crippen LogP contribution >= 0.6 is 11.3 Å². The van der Waals surface area contributed by atoms with Gasteiger partial charge in [-0.2, -0.15) is 0 Å². The van der Waals surface area contributed by atoms with Gasteiger partial charge in [0.25, 0.3) is 6.47 Å². The van der Waals surface area contributed by atoms with Crippen molar-refractivity contribution in [1.29, 1.82) is 0 Å². The van der Waals surface area contributed by atoms with Gasteiger partial charge in [-0.05, 0) is 30.2 Å². The Kier molecular flexibility index (Phi) is 7.15. The lowest BCUT2D eigenvalue weighted by Crippen LogP contribution is -2.41. The second-order valence-electron chi connectivity index (χ2n) is 6.84. The third kappa shape index (κ3) is 5.52. The van der Waals surface area contributed by atoms with Crippen molar-refractivity contribution in [3.63, 3.8) is 0 Å². The number of rotatable bonds is 4. The first-order chi connectivity index (χ1) is 14.1. The SMILES string of the molecule is CN(C(=O)Nc1ccc2scnc2c1)[C@@H]1CCN(Cc2ccccc2)C1.O=CO. The molecule has 0 spiro atoms. The maximum Gasteiger partial charge on any atom is 0.321 e. The highest BCUT2D eigenvalue weighted by Gasteiger charge is 2.28. The number of benzene rings is 2. The van der Waals surface area contributed by atoms with E-state index in [1.807, 2.05) is 41.7 Å². The number of carbonyl (C=O) groups excluding carboxylic acids is 1. The average molecular weight is 413 g/mol. The maximum absolute atomic E-state index is 12.6. The number of urea groups is 1. The number of thiazole rings is 1. The van der Waals surface area contributed by atoms with Crippen molar-refractivity contribution in [3.05, 3.63) is 59.6 Å². The molecule has 1 aliphatic rings. The standard InChI is InChI=1S/C20H22N4OS.CH2O2/c1-23(17-9-10-24(13-17)12-15-5-3-2-4-6-15)20(25)22-16-7-8-19-18(11-16)21-14-26-19;2-1-3/h2-8,11,14,17H,9-10,12-13H2,1H3,(H,22,25);1H,(H,2,3)/t17-;/m1./s1. The molecule has 2 N–H and O–H groups in total. The monoisotopic (exact) mass is 412 g/mol. The Morgan fingerprint density at radius 1 is 1.34 bits per heavy atom. The summed E-state index contributed by atoms with van der Waals surface area (Å²) in [5, 5.41) is 9.89. The topological polar surface area (TPSA) is 85.8 Å². The van der Waals surface area contributed by atoms with Crippen LogP contribution in [-0.2, 0) is 11.3 Å². The van der Waals surface area contributed by atoms with E-state index >= 15 is 0 Å². The van der Waals surface area contributed by atoms with Crippen LogP contribution in [0.1, 0.15) is 12.0 Å². The highest BCUT2D eigenvalue weighted by atomic mass is 32.1. The predicted octanol–water partition coefficient (Wildman–Crippen LogP) is 3.74. The van der Waals surface area contributed by atoms with Crippen LogP contribution in [0.3, 0.4) is 0 Å². The third-order valence-corrected chi connectivity index (χ3v) is 5.76. The van der Waals surface area contributed by atoms with Gasteiger partial charge in [-0.15, -0.1) is 11.3 Å². The summed E-state index contributed by atoms with van der Waals surface area (Å²) in [6.07, 6.45) is 1.00. The summed E-state index contributed by atoms with van der Waals surface area (Å²) in [6, 6.07) is 16.5. The molecule has 2 amide bonds. The molecule has 1 aromatic heterocycles. The summed E-state index contributed by atoms with van der Waals surface area (Å²) in [6.45, 7) is 2.61. The third-order valence-electron chi connectivity index (χ3n) is 4.95. The number of likely N-dealkylation sites (tertiary alicyclic amines) is 1. The molecule has 3 aromatic rings. The second kappa shape index (κ2) is 9.99. The maximum atomic E-state index is 12.6. The lowest BCUT2D eigenvalue weighted by molar-refractivity contribution is -0.122. The molecular formula is C21H24N4O3S. The number of amides is 2. The number of carbonyl (C=O) groups is 2. The summed E-state index contributed by atoms with van der Waals surface area (Å²) < 4.78 is 1.13. The van der Waals surface area contributed by atoms with E-state index in [9.17, 15) is 4.79 Å². The van der Waals surface area contributed by atoms with Crippen LogP contribution in [0, 0.1) is 0 Å². The Hall–Kier alpha value is -2.97. The molecule has 1 aliphatic heterocycles. The zero-order valence-corrected chi connectivity index (χ0v) is 17.0. The van der Waals surface area contributed by atoms with Gasteiger partial charge in [-0.1, -0.05) is 30.3 Å². The molecule has 1 fully saturated rings. The Morgan fingerprint density at radius 3 is 2.86 bits per heavy atom. The van der Waals surface area contributed by atoms with Gasteiger partial charge in [0.2, 0.25) is 0 Å². The number of likely N-dealkylation sites (N-methyl/N-ethyl adjacent to an activating group) is 1. The highest BCUT2D eigenvalue weighted by Crippen LogP contribution is 2.22. The molecule has 1 atom stereocenters. The zero-order valence-electron chi connectivity index (χ0n) is 16.2. The van der Waals surface area contributed by atoms with E-state index < -0.39 is 0 Å². The summed E-state index contributed by atoms with van der Waals surface area (Å²) in [7, 11) is 1.88. The van der Waals surface area contributed by atoms with E-state index in [-0.39, 0.29) is 18.5 Å². The quantitative estimate of drug-likeness (QED) is 0.638. The summed E-state index contributed by atoms with van der Waals surface area (Å²) in [5.74, 6) is 0. The van der Waals surface area contributed by atoms with Crippen molar-refractivity contribution in [1.82, 2.24) is 14.8 Å². The summed E-state index contributed by atoms with van der Waals surface area (Å²) in [4.78, 5) is 29.5. The van der Waals surface area contributed by atoms with Gasteiger partial charge >= 0.3 is 6.03 Å². The van der Waals surface area contributed by atoms with Crippen LogP contribution in [0.2, 0.25) is 0 Å². The molecule has 0 saturated carbocycles. The van der Waals surface area contributed by atoms with Crippen LogP contribution in [0.4, 0.5) is 10.5 Å². The molecule has 1 saturated heterocycles.